The molecule has 5 nitrogen and oxygen atoms in total. The molecular formula is C12H18N2O3. The standard InChI is InChI=1S/C12H18N2O3/c1-3-16-7-8(2)17-9-4-5-11(13)10(6-9)12(14)15/h4-6,8H,3,7,13H2,1-2H3,(H2,14,15). The van der Waals surface area contributed by atoms with Crippen molar-refractivity contribution in [3.63, 3.8) is 0 Å². The molecule has 1 atom stereocenters. The molecule has 17 heavy (non-hydrogen) atoms. The van der Waals surface area contributed by atoms with E-state index in [1.807, 2.05) is 13.8 Å². The number of hydrogen-bond donors (Lipinski definition) is 2. The van der Waals surface area contributed by atoms with Crippen LogP contribution >= 0.6 is 0 Å². The predicted molar refractivity (Wildman–Crippen MR) is 66.0 cm³/mol. The van der Waals surface area contributed by atoms with Crippen LogP contribution in [0.1, 0.15) is 24.2 Å². The van der Waals surface area contributed by atoms with Crippen molar-refractivity contribution >= 4 is 11.6 Å². The molecule has 0 aromatic heterocycles. The number of carbonyl (C=O) groups is 1. The maximum Gasteiger partial charge on any atom is 0.250 e. The smallest absolute Gasteiger partial charge is 0.250 e. The average molecular weight is 238 g/mol. The monoisotopic (exact) mass is 238 g/mol. The normalized spacial score (nSPS) is 12.1. The van der Waals surface area contributed by atoms with E-state index in [-0.39, 0.29) is 11.7 Å². The zero-order chi connectivity index (χ0) is 12.8. The van der Waals surface area contributed by atoms with Crippen molar-refractivity contribution in [3.05, 3.63) is 23.8 Å². The molecule has 0 aliphatic carbocycles. The topological polar surface area (TPSA) is 87.6 Å². The van der Waals surface area contributed by atoms with Crippen LogP contribution in [0.4, 0.5) is 5.69 Å². The third-order valence-electron chi connectivity index (χ3n) is 2.18. The van der Waals surface area contributed by atoms with Crippen LogP contribution in [-0.2, 0) is 4.74 Å². The van der Waals surface area contributed by atoms with Crippen LogP contribution < -0.4 is 16.2 Å². The van der Waals surface area contributed by atoms with Gasteiger partial charge in [-0.05, 0) is 32.0 Å². The lowest BCUT2D eigenvalue weighted by molar-refractivity contribution is 0.0656. The molecule has 4 N–H and O–H groups in total. The Morgan fingerprint density at radius 2 is 2.18 bits per heavy atom. The number of primary amides is 1. The fourth-order valence-electron chi connectivity index (χ4n) is 1.37. The van der Waals surface area contributed by atoms with Crippen molar-refractivity contribution in [2.75, 3.05) is 18.9 Å². The van der Waals surface area contributed by atoms with E-state index < -0.39 is 5.91 Å². The Bertz CT molecular complexity index is 393. The molecule has 94 valence electrons. The lowest BCUT2D eigenvalue weighted by atomic mass is 10.1. The first-order valence-electron chi connectivity index (χ1n) is 5.48. The Morgan fingerprint density at radius 3 is 2.76 bits per heavy atom. The minimum absolute atomic E-state index is 0.0979. The summed E-state index contributed by atoms with van der Waals surface area (Å²) in [5, 5.41) is 0. The minimum Gasteiger partial charge on any atom is -0.488 e. The average Bonchev–Trinajstić information content (AvgIpc) is 2.28. The van der Waals surface area contributed by atoms with Gasteiger partial charge in [-0.2, -0.15) is 0 Å². The van der Waals surface area contributed by atoms with Gasteiger partial charge in [0.25, 0.3) is 5.91 Å². The largest absolute Gasteiger partial charge is 0.488 e. The summed E-state index contributed by atoms with van der Waals surface area (Å²) in [6.07, 6.45) is -0.0979. The van der Waals surface area contributed by atoms with Gasteiger partial charge in [0.2, 0.25) is 0 Å². The van der Waals surface area contributed by atoms with E-state index in [0.717, 1.165) is 0 Å². The Labute approximate surface area is 101 Å². The van der Waals surface area contributed by atoms with Crippen molar-refractivity contribution in [1.82, 2.24) is 0 Å². The molecule has 5 heteroatoms. The first-order chi connectivity index (χ1) is 8.04. The lowest BCUT2D eigenvalue weighted by Gasteiger charge is -2.15. The number of amides is 1. The second kappa shape index (κ2) is 6.10. The van der Waals surface area contributed by atoms with Crippen molar-refractivity contribution in [3.8, 4) is 5.75 Å². The van der Waals surface area contributed by atoms with Crippen molar-refractivity contribution in [1.29, 1.82) is 0 Å². The van der Waals surface area contributed by atoms with Crippen LogP contribution in [0.15, 0.2) is 18.2 Å². The molecule has 1 unspecified atom stereocenters. The van der Waals surface area contributed by atoms with Crippen LogP contribution in [0, 0.1) is 0 Å². The fraction of sp³-hybridized carbons (Fsp3) is 0.417. The Hall–Kier alpha value is -1.75. The van der Waals surface area contributed by atoms with Crippen LogP contribution in [0.2, 0.25) is 0 Å². The molecule has 1 rings (SSSR count). The number of ether oxygens (including phenoxy) is 2. The van der Waals surface area contributed by atoms with Gasteiger partial charge < -0.3 is 20.9 Å². The first-order valence-corrected chi connectivity index (χ1v) is 5.48. The number of benzene rings is 1. The summed E-state index contributed by atoms with van der Waals surface area (Å²) in [4.78, 5) is 11.1. The van der Waals surface area contributed by atoms with Crippen LogP contribution in [0.5, 0.6) is 5.75 Å². The van der Waals surface area contributed by atoms with Gasteiger partial charge in [0, 0.05) is 12.3 Å². The molecule has 0 bridgehead atoms. The molecule has 0 aliphatic rings. The summed E-state index contributed by atoms with van der Waals surface area (Å²) in [6, 6.07) is 4.84. The Morgan fingerprint density at radius 1 is 1.47 bits per heavy atom. The number of hydrogen-bond acceptors (Lipinski definition) is 4. The van der Waals surface area contributed by atoms with Crippen LogP contribution in [-0.4, -0.2) is 25.2 Å². The van der Waals surface area contributed by atoms with Gasteiger partial charge in [-0.1, -0.05) is 0 Å². The van der Waals surface area contributed by atoms with Crippen LogP contribution in [0.3, 0.4) is 0 Å². The number of nitrogens with two attached hydrogens (primary N) is 2. The van der Waals surface area contributed by atoms with E-state index in [9.17, 15) is 4.79 Å². The molecule has 0 saturated heterocycles. The quantitative estimate of drug-likeness (QED) is 0.728. The molecule has 1 aromatic carbocycles. The third-order valence-corrected chi connectivity index (χ3v) is 2.18. The molecular weight excluding hydrogens is 220 g/mol. The van der Waals surface area contributed by atoms with Crippen molar-refractivity contribution in [2.24, 2.45) is 5.73 Å². The minimum atomic E-state index is -0.564. The number of anilines is 1. The molecule has 1 amide bonds. The molecule has 0 fully saturated rings. The Balaban J connectivity index is 2.72. The van der Waals surface area contributed by atoms with Gasteiger partial charge in [-0.25, -0.2) is 0 Å². The van der Waals surface area contributed by atoms with Gasteiger partial charge in [0.05, 0.1) is 12.2 Å². The molecule has 0 heterocycles. The summed E-state index contributed by atoms with van der Waals surface area (Å²) in [5.74, 6) is -0.00869. The van der Waals surface area contributed by atoms with E-state index in [2.05, 4.69) is 0 Å². The SMILES string of the molecule is CCOCC(C)Oc1ccc(N)c(C(N)=O)c1. The van der Waals surface area contributed by atoms with Gasteiger partial charge in [0.1, 0.15) is 11.9 Å². The third kappa shape index (κ3) is 3.96. The van der Waals surface area contributed by atoms with E-state index >= 15 is 0 Å². The fourth-order valence-corrected chi connectivity index (χ4v) is 1.37. The molecule has 1 aromatic rings. The highest BCUT2D eigenvalue weighted by atomic mass is 16.5. The summed E-state index contributed by atoms with van der Waals surface area (Å²) >= 11 is 0. The first kappa shape index (κ1) is 13.3. The summed E-state index contributed by atoms with van der Waals surface area (Å²) < 4.78 is 10.8. The maximum atomic E-state index is 11.1. The second-order valence-corrected chi connectivity index (χ2v) is 3.70. The predicted octanol–water partition coefficient (Wildman–Crippen LogP) is 1.17. The highest BCUT2D eigenvalue weighted by Gasteiger charge is 2.09. The molecule has 0 radical (unpaired) electrons. The van der Waals surface area contributed by atoms with E-state index in [4.69, 9.17) is 20.9 Å². The zero-order valence-electron chi connectivity index (χ0n) is 10.1. The zero-order valence-corrected chi connectivity index (χ0v) is 10.1. The molecule has 0 saturated carbocycles. The van der Waals surface area contributed by atoms with Gasteiger partial charge in [-0.15, -0.1) is 0 Å². The van der Waals surface area contributed by atoms with Gasteiger partial charge >= 0.3 is 0 Å². The number of carbonyl (C=O) groups excluding carboxylic acids is 1. The number of nitrogen functional groups attached to an aromatic ring is 1. The summed E-state index contributed by atoms with van der Waals surface area (Å²) in [5.41, 5.74) is 11.4. The van der Waals surface area contributed by atoms with E-state index in [0.29, 0.717) is 24.7 Å². The molecule has 0 spiro atoms. The van der Waals surface area contributed by atoms with E-state index in [1.165, 1.54) is 0 Å². The molecule has 0 aliphatic heterocycles. The van der Waals surface area contributed by atoms with Crippen LogP contribution in [0.25, 0.3) is 0 Å². The highest BCUT2D eigenvalue weighted by Crippen LogP contribution is 2.20. The highest BCUT2D eigenvalue weighted by molar-refractivity contribution is 5.98. The van der Waals surface area contributed by atoms with Gasteiger partial charge in [0.15, 0.2) is 0 Å². The van der Waals surface area contributed by atoms with Crippen molar-refractivity contribution < 1.29 is 14.3 Å². The summed E-state index contributed by atoms with van der Waals surface area (Å²) in [6.45, 7) is 4.94. The summed E-state index contributed by atoms with van der Waals surface area (Å²) in [7, 11) is 0. The maximum absolute atomic E-state index is 11.1. The van der Waals surface area contributed by atoms with Gasteiger partial charge in [-0.3, -0.25) is 4.79 Å². The van der Waals surface area contributed by atoms with Crippen molar-refractivity contribution in [2.45, 2.75) is 20.0 Å². The number of rotatable bonds is 6. The van der Waals surface area contributed by atoms with E-state index in [1.54, 1.807) is 18.2 Å². The lowest BCUT2D eigenvalue weighted by Crippen LogP contribution is -2.20. The Kier molecular flexibility index (Phi) is 4.78. The second-order valence-electron chi connectivity index (χ2n) is 3.70.